The predicted octanol–water partition coefficient (Wildman–Crippen LogP) is 1.88. The molecule has 3 aliphatic rings. The third-order valence-corrected chi connectivity index (χ3v) is 4.66. The fourth-order valence-corrected chi connectivity index (χ4v) is 3.48. The van der Waals surface area contributed by atoms with Crippen molar-refractivity contribution in [2.24, 2.45) is 5.92 Å². The highest BCUT2D eigenvalue weighted by Gasteiger charge is 2.45. The van der Waals surface area contributed by atoms with Gasteiger partial charge in [0, 0.05) is 6.04 Å². The maximum Gasteiger partial charge on any atom is 0.240 e. The lowest BCUT2D eigenvalue weighted by Crippen LogP contribution is -2.50. The van der Waals surface area contributed by atoms with Gasteiger partial charge in [-0.1, -0.05) is 12.8 Å². The molecule has 0 aromatic heterocycles. The van der Waals surface area contributed by atoms with Crippen molar-refractivity contribution < 1.29 is 4.79 Å². The zero-order valence-electron chi connectivity index (χ0n) is 10.1. The lowest BCUT2D eigenvalue weighted by Gasteiger charge is -2.40. The Bertz CT molecular complexity index is 282. The second-order valence-corrected chi connectivity index (χ2v) is 5.71. The van der Waals surface area contributed by atoms with Gasteiger partial charge in [0.25, 0.3) is 0 Å². The van der Waals surface area contributed by atoms with E-state index in [0.717, 1.165) is 5.92 Å². The first-order valence-corrected chi connectivity index (χ1v) is 6.85. The fourth-order valence-electron chi connectivity index (χ4n) is 3.48. The van der Waals surface area contributed by atoms with Crippen LogP contribution in [0.25, 0.3) is 0 Å². The van der Waals surface area contributed by atoms with Crippen LogP contribution in [0.1, 0.15) is 51.9 Å². The third-order valence-electron chi connectivity index (χ3n) is 4.66. The number of nitrogens with one attached hydrogen (secondary N) is 1. The highest BCUT2D eigenvalue weighted by atomic mass is 16.2. The molecule has 2 saturated carbocycles. The quantitative estimate of drug-likeness (QED) is 0.773. The van der Waals surface area contributed by atoms with E-state index in [-0.39, 0.29) is 6.04 Å². The molecule has 2 atom stereocenters. The number of hydrogen-bond donors (Lipinski definition) is 1. The molecule has 0 radical (unpaired) electrons. The maximum atomic E-state index is 12.2. The van der Waals surface area contributed by atoms with Crippen molar-refractivity contribution in [2.45, 2.75) is 70.1 Å². The van der Waals surface area contributed by atoms with Crippen LogP contribution in [-0.2, 0) is 4.79 Å². The summed E-state index contributed by atoms with van der Waals surface area (Å²) in [5.74, 6) is 1.07. The van der Waals surface area contributed by atoms with Crippen molar-refractivity contribution >= 4 is 5.91 Å². The Kier molecular flexibility index (Phi) is 2.66. The van der Waals surface area contributed by atoms with Crippen molar-refractivity contribution in [3.8, 4) is 0 Å². The molecule has 2 unspecified atom stereocenters. The summed E-state index contributed by atoms with van der Waals surface area (Å²) in [6.07, 6.45) is 9.43. The predicted molar refractivity (Wildman–Crippen MR) is 62.8 cm³/mol. The average molecular weight is 222 g/mol. The van der Waals surface area contributed by atoms with Crippen LogP contribution in [0, 0.1) is 5.92 Å². The molecule has 2 aliphatic carbocycles. The molecule has 0 bridgehead atoms. The monoisotopic (exact) mass is 222 g/mol. The van der Waals surface area contributed by atoms with Gasteiger partial charge in [-0.15, -0.1) is 0 Å². The second kappa shape index (κ2) is 4.02. The summed E-state index contributed by atoms with van der Waals surface area (Å²) in [7, 11) is 0. The topological polar surface area (TPSA) is 32.3 Å². The van der Waals surface area contributed by atoms with E-state index in [1.807, 2.05) is 6.92 Å². The van der Waals surface area contributed by atoms with E-state index in [1.165, 1.54) is 44.9 Å². The first-order chi connectivity index (χ1) is 7.77. The second-order valence-electron chi connectivity index (χ2n) is 5.71. The molecule has 3 heteroatoms. The number of carbonyl (C=O) groups is 1. The van der Waals surface area contributed by atoms with Crippen LogP contribution in [0.2, 0.25) is 0 Å². The summed E-state index contributed by atoms with van der Waals surface area (Å²) in [6.45, 7) is 2.02. The standard InChI is InChI=1S/C13H22N2O/c1-9-13(16)15(11-7-4-8-11)12(14-9)10-5-2-3-6-10/h9-12,14H,2-8H2,1H3. The van der Waals surface area contributed by atoms with Gasteiger partial charge in [-0.25, -0.2) is 0 Å². The molecular weight excluding hydrogens is 200 g/mol. The number of rotatable bonds is 2. The summed E-state index contributed by atoms with van der Waals surface area (Å²) in [5.41, 5.74) is 0. The number of hydrogen-bond acceptors (Lipinski definition) is 2. The highest BCUT2D eigenvalue weighted by molar-refractivity contribution is 5.84. The molecule has 3 rings (SSSR count). The number of amides is 1. The minimum atomic E-state index is 0.0474. The fraction of sp³-hybridized carbons (Fsp3) is 0.923. The van der Waals surface area contributed by atoms with Crippen LogP contribution in [0.4, 0.5) is 0 Å². The molecule has 1 amide bonds. The maximum absolute atomic E-state index is 12.2. The summed E-state index contributed by atoms with van der Waals surface area (Å²) in [4.78, 5) is 14.4. The molecule has 1 N–H and O–H groups in total. The SMILES string of the molecule is CC1NC(C2CCCC2)N(C2CCC2)C1=O. The van der Waals surface area contributed by atoms with Gasteiger partial charge in [0.2, 0.25) is 5.91 Å². The van der Waals surface area contributed by atoms with Crippen LogP contribution in [-0.4, -0.2) is 29.1 Å². The molecule has 3 nitrogen and oxygen atoms in total. The average Bonchev–Trinajstić information content (AvgIpc) is 2.78. The zero-order chi connectivity index (χ0) is 11.1. The normalized spacial score (nSPS) is 37.1. The Morgan fingerprint density at radius 3 is 2.38 bits per heavy atom. The molecular formula is C13H22N2O. The van der Waals surface area contributed by atoms with Gasteiger partial charge in [0.15, 0.2) is 0 Å². The first kappa shape index (κ1) is 10.6. The van der Waals surface area contributed by atoms with Gasteiger partial charge < -0.3 is 4.90 Å². The Hall–Kier alpha value is -0.570. The van der Waals surface area contributed by atoms with Crippen molar-refractivity contribution in [3.05, 3.63) is 0 Å². The Morgan fingerprint density at radius 2 is 1.81 bits per heavy atom. The van der Waals surface area contributed by atoms with Gasteiger partial charge in [0.1, 0.15) is 0 Å². The molecule has 16 heavy (non-hydrogen) atoms. The van der Waals surface area contributed by atoms with Crippen molar-refractivity contribution in [2.75, 3.05) is 0 Å². The summed E-state index contributed by atoms with van der Waals surface area (Å²) >= 11 is 0. The van der Waals surface area contributed by atoms with Crippen LogP contribution >= 0.6 is 0 Å². The van der Waals surface area contributed by atoms with Gasteiger partial charge in [-0.05, 0) is 44.9 Å². The van der Waals surface area contributed by atoms with E-state index < -0.39 is 0 Å². The van der Waals surface area contributed by atoms with E-state index in [4.69, 9.17) is 0 Å². The lowest BCUT2D eigenvalue weighted by atomic mass is 9.89. The number of carbonyl (C=O) groups excluding carboxylic acids is 1. The Morgan fingerprint density at radius 1 is 1.12 bits per heavy atom. The first-order valence-electron chi connectivity index (χ1n) is 6.85. The molecule has 1 heterocycles. The lowest BCUT2D eigenvalue weighted by molar-refractivity contribution is -0.134. The van der Waals surface area contributed by atoms with E-state index in [2.05, 4.69) is 10.2 Å². The van der Waals surface area contributed by atoms with Crippen LogP contribution < -0.4 is 5.32 Å². The van der Waals surface area contributed by atoms with Gasteiger partial charge >= 0.3 is 0 Å². The molecule has 0 spiro atoms. The smallest absolute Gasteiger partial charge is 0.240 e. The highest BCUT2D eigenvalue weighted by Crippen LogP contribution is 2.36. The molecule has 3 fully saturated rings. The van der Waals surface area contributed by atoms with E-state index >= 15 is 0 Å². The Labute approximate surface area is 97.6 Å². The Balaban J connectivity index is 1.76. The van der Waals surface area contributed by atoms with Gasteiger partial charge in [0.05, 0.1) is 12.2 Å². The molecule has 0 aromatic carbocycles. The minimum absolute atomic E-state index is 0.0474. The van der Waals surface area contributed by atoms with Crippen LogP contribution in [0.15, 0.2) is 0 Å². The van der Waals surface area contributed by atoms with E-state index in [1.54, 1.807) is 0 Å². The summed E-state index contributed by atoms with van der Waals surface area (Å²) in [5, 5.41) is 3.52. The van der Waals surface area contributed by atoms with Crippen molar-refractivity contribution in [3.63, 3.8) is 0 Å². The van der Waals surface area contributed by atoms with Crippen LogP contribution in [0.3, 0.4) is 0 Å². The van der Waals surface area contributed by atoms with Crippen molar-refractivity contribution in [1.82, 2.24) is 10.2 Å². The molecule has 0 aromatic rings. The van der Waals surface area contributed by atoms with Gasteiger partial charge in [-0.2, -0.15) is 0 Å². The third kappa shape index (κ3) is 1.56. The zero-order valence-corrected chi connectivity index (χ0v) is 10.1. The van der Waals surface area contributed by atoms with E-state index in [0.29, 0.717) is 18.1 Å². The molecule has 1 saturated heterocycles. The molecule has 90 valence electrons. The minimum Gasteiger partial charge on any atom is -0.323 e. The number of nitrogens with zero attached hydrogens (tertiary/aromatic N) is 1. The largest absolute Gasteiger partial charge is 0.323 e. The van der Waals surface area contributed by atoms with E-state index in [9.17, 15) is 4.79 Å². The summed E-state index contributed by atoms with van der Waals surface area (Å²) < 4.78 is 0. The molecule has 1 aliphatic heterocycles. The van der Waals surface area contributed by atoms with Crippen LogP contribution in [0.5, 0.6) is 0 Å². The van der Waals surface area contributed by atoms with Gasteiger partial charge in [-0.3, -0.25) is 10.1 Å². The van der Waals surface area contributed by atoms with Crippen molar-refractivity contribution in [1.29, 1.82) is 0 Å². The summed E-state index contributed by atoms with van der Waals surface area (Å²) in [6, 6.07) is 0.599.